The molecule has 0 aliphatic rings. The predicted molar refractivity (Wildman–Crippen MR) is 69.4 cm³/mol. The highest BCUT2D eigenvalue weighted by atomic mass is 19.4. The maximum atomic E-state index is 13.2. The molecule has 7 heteroatoms. The molecular weight excluding hydrogens is 304 g/mol. The van der Waals surface area contributed by atoms with E-state index in [-0.39, 0.29) is 11.1 Å². The Morgan fingerprint density at radius 1 is 1.09 bits per heavy atom. The third-order valence-electron chi connectivity index (χ3n) is 3.03. The largest absolute Gasteiger partial charge is 0.479 e. The summed E-state index contributed by atoms with van der Waals surface area (Å²) < 4.78 is 52.4. The summed E-state index contributed by atoms with van der Waals surface area (Å²) in [6.45, 7) is 0. The second kappa shape index (κ2) is 5.76. The molecule has 0 radical (unpaired) electrons. The van der Waals surface area contributed by atoms with Crippen LogP contribution in [0.25, 0.3) is 11.1 Å². The second-order valence-electron chi connectivity index (χ2n) is 4.55. The Labute approximate surface area is 122 Å². The summed E-state index contributed by atoms with van der Waals surface area (Å²) in [7, 11) is 0. The maximum absolute atomic E-state index is 13.2. The molecule has 0 aliphatic carbocycles. The summed E-state index contributed by atoms with van der Waals surface area (Å²) in [5.74, 6) is -2.32. The summed E-state index contributed by atoms with van der Waals surface area (Å²) in [6, 6.07) is 6.94. The first kappa shape index (κ1) is 16.0. The Balaban J connectivity index is 2.66. The number of aliphatic carboxylic acids is 1. The molecule has 0 heterocycles. The van der Waals surface area contributed by atoms with Gasteiger partial charge in [-0.2, -0.15) is 13.2 Å². The van der Waals surface area contributed by atoms with Crippen molar-refractivity contribution in [1.82, 2.24) is 0 Å². The van der Waals surface area contributed by atoms with E-state index in [1.165, 1.54) is 12.1 Å². The third-order valence-corrected chi connectivity index (χ3v) is 3.03. The molecule has 22 heavy (non-hydrogen) atoms. The highest BCUT2D eigenvalue weighted by Crippen LogP contribution is 2.38. The number of hydrogen-bond donors (Lipinski definition) is 2. The Kier molecular flexibility index (Phi) is 4.18. The van der Waals surface area contributed by atoms with E-state index in [0.717, 1.165) is 24.3 Å². The van der Waals surface area contributed by atoms with Gasteiger partial charge in [-0.15, -0.1) is 0 Å². The number of aliphatic hydroxyl groups is 1. The van der Waals surface area contributed by atoms with Crippen LogP contribution in [0.2, 0.25) is 0 Å². The molecule has 0 spiro atoms. The number of carboxylic acids is 1. The SMILES string of the molecule is O=C(O)C(O)c1ccc(C(F)(F)F)c(-c2cccc(F)c2)c1. The standard InChI is InChI=1S/C15H10F4O3/c16-10-3-1-2-8(6-10)11-7-9(13(20)14(21)22)4-5-12(11)15(17,18)19/h1-7,13,20H,(H,21,22). The Bertz CT molecular complexity index is 710. The van der Waals surface area contributed by atoms with Crippen molar-refractivity contribution in [1.29, 1.82) is 0 Å². The van der Waals surface area contributed by atoms with Crippen molar-refractivity contribution in [3.05, 3.63) is 59.4 Å². The molecule has 0 saturated carbocycles. The Morgan fingerprint density at radius 3 is 2.32 bits per heavy atom. The van der Waals surface area contributed by atoms with Crippen LogP contribution in [0.5, 0.6) is 0 Å². The van der Waals surface area contributed by atoms with Crippen molar-refractivity contribution in [2.24, 2.45) is 0 Å². The topological polar surface area (TPSA) is 57.5 Å². The van der Waals surface area contributed by atoms with Crippen molar-refractivity contribution in [3.8, 4) is 11.1 Å². The zero-order valence-electron chi connectivity index (χ0n) is 10.9. The summed E-state index contributed by atoms with van der Waals surface area (Å²) >= 11 is 0. The fourth-order valence-electron chi connectivity index (χ4n) is 2.02. The number of carbonyl (C=O) groups is 1. The van der Waals surface area contributed by atoms with E-state index in [4.69, 9.17) is 5.11 Å². The molecular formula is C15H10F4O3. The van der Waals surface area contributed by atoms with Gasteiger partial charge in [-0.1, -0.05) is 18.2 Å². The average Bonchev–Trinajstić information content (AvgIpc) is 2.44. The molecule has 2 N–H and O–H groups in total. The van der Waals surface area contributed by atoms with Crippen LogP contribution in [0, 0.1) is 5.82 Å². The Hall–Kier alpha value is -2.41. The third kappa shape index (κ3) is 3.25. The van der Waals surface area contributed by atoms with E-state index < -0.39 is 35.2 Å². The van der Waals surface area contributed by atoms with Crippen LogP contribution >= 0.6 is 0 Å². The molecule has 3 nitrogen and oxygen atoms in total. The predicted octanol–water partition coefficient (Wildman–Crippen LogP) is 3.63. The van der Waals surface area contributed by atoms with Crippen LogP contribution in [0.3, 0.4) is 0 Å². The summed E-state index contributed by atoms with van der Waals surface area (Å²) in [5.41, 5.74) is -1.73. The van der Waals surface area contributed by atoms with E-state index in [1.54, 1.807) is 0 Å². The first-order valence-electron chi connectivity index (χ1n) is 6.08. The minimum Gasteiger partial charge on any atom is -0.479 e. The van der Waals surface area contributed by atoms with E-state index in [1.807, 2.05) is 0 Å². The van der Waals surface area contributed by atoms with Gasteiger partial charge in [-0.05, 0) is 41.0 Å². The van der Waals surface area contributed by atoms with Crippen LogP contribution in [-0.4, -0.2) is 16.2 Å². The minimum absolute atomic E-state index is 0.0632. The average molecular weight is 314 g/mol. The zero-order valence-corrected chi connectivity index (χ0v) is 10.9. The fraction of sp³-hybridized carbons (Fsp3) is 0.133. The first-order valence-corrected chi connectivity index (χ1v) is 6.08. The van der Waals surface area contributed by atoms with Crippen molar-refractivity contribution in [2.75, 3.05) is 0 Å². The van der Waals surface area contributed by atoms with E-state index in [9.17, 15) is 27.5 Å². The molecule has 0 amide bonds. The summed E-state index contributed by atoms with van der Waals surface area (Å²) in [4.78, 5) is 10.8. The molecule has 1 atom stereocenters. The van der Waals surface area contributed by atoms with Gasteiger partial charge in [-0.25, -0.2) is 9.18 Å². The van der Waals surface area contributed by atoms with Crippen molar-refractivity contribution < 1.29 is 32.6 Å². The minimum atomic E-state index is -4.70. The van der Waals surface area contributed by atoms with Crippen LogP contribution in [0.4, 0.5) is 17.6 Å². The lowest BCUT2D eigenvalue weighted by atomic mass is 9.95. The van der Waals surface area contributed by atoms with Gasteiger partial charge < -0.3 is 10.2 Å². The fourth-order valence-corrected chi connectivity index (χ4v) is 2.02. The van der Waals surface area contributed by atoms with Gasteiger partial charge in [0.2, 0.25) is 0 Å². The van der Waals surface area contributed by atoms with Gasteiger partial charge in [0.25, 0.3) is 0 Å². The second-order valence-corrected chi connectivity index (χ2v) is 4.55. The lowest BCUT2D eigenvalue weighted by Crippen LogP contribution is -2.13. The lowest BCUT2D eigenvalue weighted by molar-refractivity contribution is -0.146. The normalized spacial score (nSPS) is 13.0. The molecule has 0 bridgehead atoms. The van der Waals surface area contributed by atoms with Crippen LogP contribution < -0.4 is 0 Å². The molecule has 116 valence electrons. The van der Waals surface area contributed by atoms with Gasteiger partial charge in [0, 0.05) is 0 Å². The number of rotatable bonds is 3. The molecule has 0 aliphatic heterocycles. The summed E-state index contributed by atoms with van der Waals surface area (Å²) in [6.07, 6.45) is -6.66. The number of hydrogen-bond acceptors (Lipinski definition) is 2. The van der Waals surface area contributed by atoms with Gasteiger partial charge in [0.05, 0.1) is 5.56 Å². The van der Waals surface area contributed by atoms with Crippen molar-refractivity contribution >= 4 is 5.97 Å². The van der Waals surface area contributed by atoms with Gasteiger partial charge in [-0.3, -0.25) is 0 Å². The number of carboxylic acid groups (broad SMARTS) is 1. The van der Waals surface area contributed by atoms with Crippen molar-refractivity contribution in [3.63, 3.8) is 0 Å². The number of halogens is 4. The van der Waals surface area contributed by atoms with Gasteiger partial charge in [0.1, 0.15) is 5.82 Å². The first-order chi connectivity index (χ1) is 10.2. The highest BCUT2D eigenvalue weighted by Gasteiger charge is 2.34. The van der Waals surface area contributed by atoms with E-state index in [0.29, 0.717) is 6.07 Å². The molecule has 2 aromatic carbocycles. The lowest BCUT2D eigenvalue weighted by Gasteiger charge is -2.16. The van der Waals surface area contributed by atoms with E-state index in [2.05, 4.69) is 0 Å². The molecule has 0 fully saturated rings. The van der Waals surface area contributed by atoms with Crippen LogP contribution in [-0.2, 0) is 11.0 Å². The summed E-state index contributed by atoms with van der Waals surface area (Å²) in [5, 5.41) is 18.2. The molecule has 0 aromatic heterocycles. The smallest absolute Gasteiger partial charge is 0.417 e. The molecule has 1 unspecified atom stereocenters. The van der Waals surface area contributed by atoms with E-state index >= 15 is 0 Å². The molecule has 2 aromatic rings. The number of aliphatic hydroxyl groups excluding tert-OH is 1. The van der Waals surface area contributed by atoms with Gasteiger partial charge in [0.15, 0.2) is 6.10 Å². The Morgan fingerprint density at radius 2 is 1.77 bits per heavy atom. The zero-order chi connectivity index (χ0) is 16.5. The highest BCUT2D eigenvalue weighted by molar-refractivity contribution is 5.76. The number of alkyl halides is 3. The quantitative estimate of drug-likeness (QED) is 0.851. The van der Waals surface area contributed by atoms with Gasteiger partial charge >= 0.3 is 12.1 Å². The van der Waals surface area contributed by atoms with Crippen LogP contribution in [0.15, 0.2) is 42.5 Å². The monoisotopic (exact) mass is 314 g/mol. The molecule has 2 rings (SSSR count). The van der Waals surface area contributed by atoms with Crippen molar-refractivity contribution in [2.45, 2.75) is 12.3 Å². The molecule has 0 saturated heterocycles. The maximum Gasteiger partial charge on any atom is 0.417 e. The number of benzene rings is 2. The van der Waals surface area contributed by atoms with Crippen LogP contribution in [0.1, 0.15) is 17.2 Å².